The summed E-state index contributed by atoms with van der Waals surface area (Å²) in [6, 6.07) is 7.03. The van der Waals surface area contributed by atoms with E-state index in [0.29, 0.717) is 24.8 Å². The van der Waals surface area contributed by atoms with Gasteiger partial charge in [0.05, 0.1) is 0 Å². The van der Waals surface area contributed by atoms with Crippen LogP contribution >= 0.6 is 0 Å². The lowest BCUT2D eigenvalue weighted by Gasteiger charge is -2.12. The summed E-state index contributed by atoms with van der Waals surface area (Å²) in [5, 5.41) is 14.1. The second kappa shape index (κ2) is 5.95. The molecule has 2 amide bonds. The average molecular weight is 290 g/mol. The van der Waals surface area contributed by atoms with Crippen molar-refractivity contribution in [1.29, 1.82) is 0 Å². The molecule has 0 spiro atoms. The monoisotopic (exact) mass is 290 g/mol. The van der Waals surface area contributed by atoms with Crippen molar-refractivity contribution >= 4 is 17.8 Å². The lowest BCUT2D eigenvalue weighted by atomic mass is 10.1. The van der Waals surface area contributed by atoms with E-state index in [-0.39, 0.29) is 18.2 Å². The van der Waals surface area contributed by atoms with E-state index < -0.39 is 11.5 Å². The zero-order chi connectivity index (χ0) is 15.5. The van der Waals surface area contributed by atoms with Gasteiger partial charge in [0.15, 0.2) is 0 Å². The molecule has 0 aliphatic heterocycles. The maximum atomic E-state index is 11.8. The molecule has 0 atom stereocenters. The number of hydrogen-bond donors (Lipinski definition) is 3. The molecular weight excluding hydrogens is 272 g/mol. The molecule has 0 radical (unpaired) electrons. The smallest absolute Gasteiger partial charge is 0.329 e. The van der Waals surface area contributed by atoms with Crippen molar-refractivity contribution < 1.29 is 19.5 Å². The Morgan fingerprint density at radius 1 is 1.29 bits per heavy atom. The maximum absolute atomic E-state index is 11.8. The Kier molecular flexibility index (Phi) is 4.26. The molecule has 3 N–H and O–H groups in total. The first-order chi connectivity index (χ1) is 9.97. The van der Waals surface area contributed by atoms with Crippen molar-refractivity contribution in [2.24, 2.45) is 0 Å². The van der Waals surface area contributed by atoms with Gasteiger partial charge in [-0.2, -0.15) is 0 Å². The lowest BCUT2D eigenvalue weighted by molar-refractivity contribution is -0.143. The minimum Gasteiger partial charge on any atom is -0.480 e. The van der Waals surface area contributed by atoms with Crippen LogP contribution in [0.15, 0.2) is 24.3 Å². The second-order valence-electron chi connectivity index (χ2n) is 5.21. The maximum Gasteiger partial charge on any atom is 0.329 e. The van der Waals surface area contributed by atoms with E-state index in [0.717, 1.165) is 5.56 Å². The Bertz CT molecular complexity index is 579. The quantitative estimate of drug-likeness (QED) is 0.719. The summed E-state index contributed by atoms with van der Waals surface area (Å²) < 4.78 is 0. The van der Waals surface area contributed by atoms with Gasteiger partial charge in [-0.05, 0) is 37.0 Å². The third-order valence-electron chi connectivity index (χ3n) is 3.60. The number of rotatable bonds is 6. The van der Waals surface area contributed by atoms with Crippen molar-refractivity contribution in [2.45, 2.75) is 31.2 Å². The topological polar surface area (TPSA) is 95.5 Å². The first-order valence-corrected chi connectivity index (χ1v) is 6.82. The molecular formula is C15H18N2O4. The average Bonchev–Trinajstić information content (AvgIpc) is 3.25. The molecule has 0 aromatic heterocycles. The van der Waals surface area contributed by atoms with E-state index in [4.69, 9.17) is 5.11 Å². The molecule has 1 aliphatic rings. The molecule has 0 bridgehead atoms. The highest BCUT2D eigenvalue weighted by Crippen LogP contribution is 2.35. The van der Waals surface area contributed by atoms with Gasteiger partial charge in [-0.25, -0.2) is 4.79 Å². The van der Waals surface area contributed by atoms with Gasteiger partial charge in [-0.15, -0.1) is 0 Å². The summed E-state index contributed by atoms with van der Waals surface area (Å²) >= 11 is 0. The molecule has 1 aromatic carbocycles. The van der Waals surface area contributed by atoms with E-state index in [1.807, 2.05) is 6.07 Å². The number of hydrogen-bond acceptors (Lipinski definition) is 3. The summed E-state index contributed by atoms with van der Waals surface area (Å²) in [5.74, 6) is -1.43. The van der Waals surface area contributed by atoms with Crippen LogP contribution in [-0.4, -0.2) is 35.5 Å². The van der Waals surface area contributed by atoms with Crippen LogP contribution in [0.25, 0.3) is 0 Å². The summed E-state index contributed by atoms with van der Waals surface area (Å²) in [5.41, 5.74) is 0.368. The fourth-order valence-electron chi connectivity index (χ4n) is 2.12. The van der Waals surface area contributed by atoms with Crippen LogP contribution in [0.1, 0.15) is 35.2 Å². The fraction of sp³-hybridized carbons (Fsp3) is 0.400. The highest BCUT2D eigenvalue weighted by molar-refractivity contribution is 5.94. The zero-order valence-corrected chi connectivity index (χ0v) is 11.8. The summed E-state index contributed by atoms with van der Waals surface area (Å²) in [7, 11) is 1.56. The molecule has 1 fully saturated rings. The Labute approximate surface area is 122 Å². The van der Waals surface area contributed by atoms with Gasteiger partial charge in [0.2, 0.25) is 5.91 Å². The molecule has 0 saturated heterocycles. The molecule has 6 heteroatoms. The minimum atomic E-state index is -1.04. The molecule has 6 nitrogen and oxygen atoms in total. The number of aliphatic carboxylic acids is 1. The van der Waals surface area contributed by atoms with E-state index in [1.165, 1.54) is 0 Å². The standard InChI is InChI=1S/C15H18N2O4/c1-16-13(19)11-4-2-3-10(9-11)5-6-12(18)17-15(7-8-15)14(20)21/h2-4,9H,5-8H2,1H3,(H,16,19)(H,17,18)(H,20,21). The highest BCUT2D eigenvalue weighted by atomic mass is 16.4. The van der Waals surface area contributed by atoms with Gasteiger partial charge in [0, 0.05) is 19.0 Å². The van der Waals surface area contributed by atoms with E-state index in [9.17, 15) is 14.4 Å². The van der Waals surface area contributed by atoms with Crippen LogP contribution in [0.5, 0.6) is 0 Å². The summed E-state index contributed by atoms with van der Waals surface area (Å²) in [4.78, 5) is 34.3. The van der Waals surface area contributed by atoms with E-state index in [1.54, 1.807) is 25.2 Å². The zero-order valence-electron chi connectivity index (χ0n) is 11.8. The molecule has 2 rings (SSSR count). The third kappa shape index (κ3) is 3.59. The van der Waals surface area contributed by atoms with Gasteiger partial charge < -0.3 is 15.7 Å². The molecule has 1 aromatic rings. The van der Waals surface area contributed by atoms with E-state index >= 15 is 0 Å². The number of nitrogens with one attached hydrogen (secondary N) is 2. The van der Waals surface area contributed by atoms with Crippen LogP contribution < -0.4 is 10.6 Å². The Hall–Kier alpha value is -2.37. The van der Waals surface area contributed by atoms with Crippen molar-refractivity contribution in [2.75, 3.05) is 7.05 Å². The van der Waals surface area contributed by atoms with Crippen molar-refractivity contribution in [3.8, 4) is 0 Å². The predicted molar refractivity (Wildman–Crippen MR) is 75.9 cm³/mol. The van der Waals surface area contributed by atoms with Crippen molar-refractivity contribution in [3.05, 3.63) is 35.4 Å². The Morgan fingerprint density at radius 3 is 2.57 bits per heavy atom. The summed E-state index contributed by atoms with van der Waals surface area (Å²) in [6.45, 7) is 0. The van der Waals surface area contributed by atoms with Crippen molar-refractivity contribution in [1.82, 2.24) is 10.6 Å². The van der Waals surface area contributed by atoms with Gasteiger partial charge in [0.25, 0.3) is 5.91 Å². The highest BCUT2D eigenvalue weighted by Gasteiger charge is 2.51. The first-order valence-electron chi connectivity index (χ1n) is 6.82. The number of carboxylic acids is 1. The van der Waals surface area contributed by atoms with Gasteiger partial charge in [-0.1, -0.05) is 12.1 Å². The lowest BCUT2D eigenvalue weighted by Crippen LogP contribution is -2.43. The van der Waals surface area contributed by atoms with Crippen LogP contribution in [0, 0.1) is 0 Å². The number of carbonyl (C=O) groups excluding carboxylic acids is 2. The number of carboxylic acid groups (broad SMARTS) is 1. The number of aryl methyl sites for hydroxylation is 1. The van der Waals surface area contributed by atoms with Crippen LogP contribution in [-0.2, 0) is 16.0 Å². The third-order valence-corrected chi connectivity index (χ3v) is 3.60. The fourth-order valence-corrected chi connectivity index (χ4v) is 2.12. The van der Waals surface area contributed by atoms with Crippen LogP contribution in [0.2, 0.25) is 0 Å². The molecule has 1 aliphatic carbocycles. The number of amides is 2. The van der Waals surface area contributed by atoms with Crippen LogP contribution in [0.4, 0.5) is 0 Å². The van der Waals surface area contributed by atoms with Gasteiger partial charge in [0.1, 0.15) is 5.54 Å². The van der Waals surface area contributed by atoms with Gasteiger partial charge >= 0.3 is 5.97 Å². The summed E-state index contributed by atoms with van der Waals surface area (Å²) in [6.07, 6.45) is 1.64. The Balaban J connectivity index is 1.90. The molecule has 0 heterocycles. The molecule has 0 unspecified atom stereocenters. The van der Waals surface area contributed by atoms with Crippen LogP contribution in [0.3, 0.4) is 0 Å². The second-order valence-corrected chi connectivity index (χ2v) is 5.21. The first kappa shape index (κ1) is 15.0. The van der Waals surface area contributed by atoms with Crippen molar-refractivity contribution in [3.63, 3.8) is 0 Å². The van der Waals surface area contributed by atoms with E-state index in [2.05, 4.69) is 10.6 Å². The molecule has 112 valence electrons. The molecule has 21 heavy (non-hydrogen) atoms. The SMILES string of the molecule is CNC(=O)c1cccc(CCC(=O)NC2(C(=O)O)CC2)c1. The number of benzene rings is 1. The van der Waals surface area contributed by atoms with Gasteiger partial charge in [-0.3, -0.25) is 9.59 Å². The normalized spacial score (nSPS) is 15.1. The minimum absolute atomic E-state index is 0.177. The predicted octanol–water partition coefficient (Wildman–Crippen LogP) is 0.712. The largest absolute Gasteiger partial charge is 0.480 e. The Morgan fingerprint density at radius 2 is 2.00 bits per heavy atom. The number of carbonyl (C=O) groups is 3. The molecule has 1 saturated carbocycles.